The predicted molar refractivity (Wildman–Crippen MR) is 33.0 cm³/mol. The molecule has 2 nitrogen and oxygen atoms in total. The summed E-state index contributed by atoms with van der Waals surface area (Å²) in [5, 5.41) is 10.5. The van der Waals surface area contributed by atoms with E-state index >= 15 is 0 Å². The first-order chi connectivity index (χ1) is 3.62. The summed E-state index contributed by atoms with van der Waals surface area (Å²) in [6.45, 7) is 5.13. The van der Waals surface area contributed by atoms with E-state index in [1.807, 2.05) is 19.2 Å². The van der Waals surface area contributed by atoms with E-state index in [9.17, 15) is 0 Å². The van der Waals surface area contributed by atoms with Crippen LogP contribution in [0, 0.1) is 12.5 Å². The van der Waals surface area contributed by atoms with Gasteiger partial charge in [-0.15, -0.1) is 0 Å². The molecule has 50 valence electrons. The summed E-state index contributed by atoms with van der Waals surface area (Å²) in [7, 11) is 3.58. The summed E-state index contributed by atoms with van der Waals surface area (Å²) in [6, 6.07) is 0. The molecule has 0 aromatic carbocycles. The second-order valence-electron chi connectivity index (χ2n) is 2.82. The van der Waals surface area contributed by atoms with Crippen LogP contribution in [0.4, 0.5) is 0 Å². The maximum Gasteiger partial charge on any atom is 0.0589 e. The molecule has 0 amide bonds. The Labute approximate surface area is 50.9 Å². The molecule has 0 aliphatic carbocycles. The molecule has 0 aliphatic heterocycles. The van der Waals surface area contributed by atoms with Crippen LogP contribution in [0.1, 0.15) is 13.8 Å². The third kappa shape index (κ3) is 2.99. The minimum absolute atomic E-state index is 0.0295. The molecule has 0 spiro atoms. The third-order valence-corrected chi connectivity index (χ3v) is 1.12. The Morgan fingerprint density at radius 2 is 2.12 bits per heavy atom. The summed E-state index contributed by atoms with van der Waals surface area (Å²) in [5.41, 5.74) is 0.0295. The molecule has 0 aliphatic rings. The van der Waals surface area contributed by atoms with Gasteiger partial charge >= 0.3 is 0 Å². The Hall–Kier alpha value is -0.0800. The first-order valence-corrected chi connectivity index (χ1v) is 2.84. The maximum absolute atomic E-state index is 8.68. The summed E-state index contributed by atoms with van der Waals surface area (Å²) < 4.78 is 0. The first kappa shape index (κ1) is 7.92. The van der Waals surface area contributed by atoms with Crippen molar-refractivity contribution in [3.05, 3.63) is 7.05 Å². The van der Waals surface area contributed by atoms with Crippen LogP contribution in [0.15, 0.2) is 0 Å². The van der Waals surface area contributed by atoms with E-state index in [0.29, 0.717) is 0 Å². The molecule has 0 heterocycles. The van der Waals surface area contributed by atoms with Crippen molar-refractivity contribution in [2.75, 3.05) is 13.2 Å². The van der Waals surface area contributed by atoms with Crippen molar-refractivity contribution < 1.29 is 10.4 Å². The van der Waals surface area contributed by atoms with E-state index in [0.717, 1.165) is 6.54 Å². The fourth-order valence-corrected chi connectivity index (χ4v) is 0.455. The van der Waals surface area contributed by atoms with Crippen molar-refractivity contribution in [3.8, 4) is 0 Å². The van der Waals surface area contributed by atoms with Gasteiger partial charge in [-0.25, -0.2) is 0 Å². The molecule has 0 atom stereocenters. The van der Waals surface area contributed by atoms with E-state index in [2.05, 4.69) is 7.05 Å². The molecule has 0 aromatic heterocycles. The van der Waals surface area contributed by atoms with Crippen LogP contribution in [0.5, 0.6) is 0 Å². The number of nitrogens with two attached hydrogens (primary N) is 1. The van der Waals surface area contributed by atoms with E-state index < -0.39 is 0 Å². The molecule has 3 N–H and O–H groups in total. The minimum atomic E-state index is 0.0295. The van der Waals surface area contributed by atoms with Gasteiger partial charge in [0.1, 0.15) is 0 Å². The zero-order chi connectivity index (χ0) is 6.62. The highest BCUT2D eigenvalue weighted by molar-refractivity contribution is 4.62. The molecule has 0 saturated heterocycles. The molecular formula is C6H15NO. The average Bonchev–Trinajstić information content (AvgIpc) is 1.67. The van der Waals surface area contributed by atoms with Crippen molar-refractivity contribution >= 4 is 0 Å². The maximum atomic E-state index is 8.68. The Morgan fingerprint density at radius 3 is 2.25 bits per heavy atom. The smallest absolute Gasteiger partial charge is 0.0589 e. The van der Waals surface area contributed by atoms with Gasteiger partial charge in [0.2, 0.25) is 0 Å². The van der Waals surface area contributed by atoms with E-state index in [4.69, 9.17) is 5.11 Å². The molecule has 0 unspecified atom stereocenters. The lowest BCUT2D eigenvalue weighted by Crippen LogP contribution is -2.80. The fourth-order valence-electron chi connectivity index (χ4n) is 0.455. The van der Waals surface area contributed by atoms with Gasteiger partial charge in [0.05, 0.1) is 13.2 Å². The number of aliphatic hydroxyl groups is 1. The lowest BCUT2D eigenvalue weighted by atomic mass is 9.95. The quantitative estimate of drug-likeness (QED) is 0.474. The highest BCUT2D eigenvalue weighted by atomic mass is 16.3. The molecule has 0 aromatic rings. The normalized spacial score (nSPS) is 12.0. The fraction of sp³-hybridized carbons (Fsp3) is 0.833. The molecule has 0 bridgehead atoms. The minimum Gasteiger partial charge on any atom is -0.478 e. The van der Waals surface area contributed by atoms with Crippen LogP contribution in [0.25, 0.3) is 0 Å². The topological polar surface area (TPSA) is 36.8 Å². The highest BCUT2D eigenvalue weighted by Gasteiger charge is 2.15. The lowest BCUT2D eigenvalue weighted by molar-refractivity contribution is -0.608. The van der Waals surface area contributed by atoms with E-state index in [1.165, 1.54) is 0 Å². The van der Waals surface area contributed by atoms with Crippen molar-refractivity contribution in [3.63, 3.8) is 0 Å². The van der Waals surface area contributed by atoms with Gasteiger partial charge in [-0.05, 0) is 0 Å². The van der Waals surface area contributed by atoms with Crippen LogP contribution in [0.3, 0.4) is 0 Å². The van der Waals surface area contributed by atoms with Crippen molar-refractivity contribution in [1.82, 2.24) is 0 Å². The summed E-state index contributed by atoms with van der Waals surface area (Å²) in [6.07, 6.45) is 0. The Balaban J connectivity index is 3.37. The first-order valence-electron chi connectivity index (χ1n) is 2.84. The highest BCUT2D eigenvalue weighted by Crippen LogP contribution is 2.08. The molecule has 2 heteroatoms. The third-order valence-electron chi connectivity index (χ3n) is 1.12. The number of hydrogen-bond acceptors (Lipinski definition) is 1. The number of rotatable bonds is 3. The van der Waals surface area contributed by atoms with Gasteiger partial charge in [0, 0.05) is 5.41 Å². The van der Waals surface area contributed by atoms with Gasteiger partial charge in [-0.2, -0.15) is 7.05 Å². The molecule has 0 rings (SSSR count). The van der Waals surface area contributed by atoms with Crippen molar-refractivity contribution in [1.29, 1.82) is 0 Å². The molecule has 0 fully saturated rings. The average molecular weight is 117 g/mol. The Bertz CT molecular complexity index is 61.5. The van der Waals surface area contributed by atoms with Gasteiger partial charge in [0.15, 0.2) is 0 Å². The zero-order valence-electron chi connectivity index (χ0n) is 5.65. The van der Waals surface area contributed by atoms with Crippen molar-refractivity contribution in [2.45, 2.75) is 13.8 Å². The Kier molecular flexibility index (Phi) is 3.02. The molecule has 8 heavy (non-hydrogen) atoms. The van der Waals surface area contributed by atoms with Crippen molar-refractivity contribution in [2.24, 2.45) is 5.41 Å². The zero-order valence-corrected chi connectivity index (χ0v) is 5.65. The van der Waals surface area contributed by atoms with Gasteiger partial charge in [-0.3, -0.25) is 0 Å². The second-order valence-corrected chi connectivity index (χ2v) is 2.82. The Morgan fingerprint density at radius 1 is 1.62 bits per heavy atom. The number of hydrogen-bond donors (Lipinski definition) is 2. The van der Waals surface area contributed by atoms with Crippen LogP contribution in [0.2, 0.25) is 0 Å². The van der Waals surface area contributed by atoms with E-state index in [1.54, 1.807) is 0 Å². The summed E-state index contributed by atoms with van der Waals surface area (Å²) in [4.78, 5) is 0. The van der Waals surface area contributed by atoms with E-state index in [-0.39, 0.29) is 12.0 Å². The van der Waals surface area contributed by atoms with Crippen LogP contribution >= 0.6 is 0 Å². The molecule has 0 saturated carbocycles. The van der Waals surface area contributed by atoms with Crippen LogP contribution in [-0.4, -0.2) is 18.3 Å². The second kappa shape index (κ2) is 3.05. The largest absolute Gasteiger partial charge is 0.478 e. The van der Waals surface area contributed by atoms with Crippen LogP contribution < -0.4 is 5.32 Å². The van der Waals surface area contributed by atoms with Gasteiger partial charge in [0.25, 0.3) is 0 Å². The standard InChI is InChI=1S/C6H15NO/c1-6(2,5-8)4-7-3/h8H,3-5,7H2,1-2H3. The molecule has 0 radical (unpaired) electrons. The number of quaternary nitrogens is 1. The predicted octanol–water partition coefficient (Wildman–Crippen LogP) is -0.640. The van der Waals surface area contributed by atoms with Crippen LogP contribution in [-0.2, 0) is 0 Å². The molecular weight excluding hydrogens is 102 g/mol. The SMILES string of the molecule is [CH2-][NH2+]CC(C)(C)CO. The summed E-state index contributed by atoms with van der Waals surface area (Å²) >= 11 is 0. The summed E-state index contributed by atoms with van der Waals surface area (Å²) in [5.74, 6) is 0. The van der Waals surface area contributed by atoms with Gasteiger partial charge < -0.3 is 10.4 Å². The van der Waals surface area contributed by atoms with Gasteiger partial charge in [-0.1, -0.05) is 13.8 Å². The number of aliphatic hydroxyl groups excluding tert-OH is 1. The monoisotopic (exact) mass is 117 g/mol. The lowest BCUT2D eigenvalue weighted by Gasteiger charge is -2.19.